The van der Waals surface area contributed by atoms with Gasteiger partial charge < -0.3 is 5.32 Å². The number of aromatic nitrogens is 2. The van der Waals surface area contributed by atoms with Gasteiger partial charge in [-0.2, -0.15) is 0 Å². The van der Waals surface area contributed by atoms with E-state index in [1.165, 1.54) is 0 Å². The highest BCUT2D eigenvalue weighted by Crippen LogP contribution is 2.28. The molecule has 0 saturated heterocycles. The molecule has 15 heavy (non-hydrogen) atoms. The van der Waals surface area contributed by atoms with Crippen LogP contribution in [0.4, 0.5) is 5.82 Å². The molecule has 0 aliphatic carbocycles. The van der Waals surface area contributed by atoms with Crippen LogP contribution in [0.3, 0.4) is 0 Å². The van der Waals surface area contributed by atoms with Gasteiger partial charge in [-0.3, -0.25) is 0 Å². The first-order valence-corrected chi connectivity index (χ1v) is 5.77. The van der Waals surface area contributed by atoms with Crippen molar-refractivity contribution in [1.29, 1.82) is 0 Å². The maximum Gasteiger partial charge on any atom is 0.126 e. The Morgan fingerprint density at radius 3 is 2.67 bits per heavy atom. The van der Waals surface area contributed by atoms with E-state index in [2.05, 4.69) is 27.9 Å². The number of anilines is 1. The number of thiol groups is 1. The first kappa shape index (κ1) is 10.4. The Hall–Kier alpha value is -1.07. The molecule has 78 valence electrons. The molecule has 0 spiro atoms. The molecule has 5 heteroatoms. The largest absolute Gasteiger partial charge is 0.373 e. The first-order chi connectivity index (χ1) is 7.20. The van der Waals surface area contributed by atoms with E-state index < -0.39 is 0 Å². The molecule has 1 N–H and O–H groups in total. The number of hydrogen-bond acceptors (Lipinski definition) is 5. The number of rotatable bonds is 2. The fraction of sp³-hybridized carbons (Fsp3) is 0.200. The van der Waals surface area contributed by atoms with E-state index >= 15 is 0 Å². The summed E-state index contributed by atoms with van der Waals surface area (Å²) in [4.78, 5) is 9.73. The third kappa shape index (κ3) is 2.13. The molecule has 0 aliphatic heterocycles. The van der Waals surface area contributed by atoms with Crippen molar-refractivity contribution in [2.24, 2.45) is 0 Å². The van der Waals surface area contributed by atoms with Crippen molar-refractivity contribution in [1.82, 2.24) is 9.97 Å². The van der Waals surface area contributed by atoms with Crippen LogP contribution in [0.1, 0.15) is 4.88 Å². The molecule has 2 heterocycles. The highest BCUT2D eigenvalue weighted by atomic mass is 32.1. The van der Waals surface area contributed by atoms with Crippen molar-refractivity contribution in [2.75, 3.05) is 12.4 Å². The average Bonchev–Trinajstić information content (AvgIpc) is 2.59. The van der Waals surface area contributed by atoms with Crippen molar-refractivity contribution in [3.63, 3.8) is 0 Å². The van der Waals surface area contributed by atoms with Gasteiger partial charge in [0.1, 0.15) is 15.9 Å². The van der Waals surface area contributed by atoms with Crippen molar-refractivity contribution >= 4 is 29.8 Å². The van der Waals surface area contributed by atoms with Gasteiger partial charge in [0, 0.05) is 23.7 Å². The van der Waals surface area contributed by atoms with E-state index in [1.54, 1.807) is 11.3 Å². The quantitative estimate of drug-likeness (QED) is 0.789. The Morgan fingerprint density at radius 1 is 1.40 bits per heavy atom. The van der Waals surface area contributed by atoms with Crippen molar-refractivity contribution < 1.29 is 0 Å². The second-order valence-corrected chi connectivity index (χ2v) is 4.71. The summed E-state index contributed by atoms with van der Waals surface area (Å²) in [6, 6.07) is 3.94. The van der Waals surface area contributed by atoms with Gasteiger partial charge in [-0.25, -0.2) is 9.97 Å². The van der Waals surface area contributed by atoms with Gasteiger partial charge in [0.15, 0.2) is 0 Å². The molecule has 0 saturated carbocycles. The topological polar surface area (TPSA) is 37.8 Å². The maximum atomic E-state index is 4.36. The number of nitrogens with zero attached hydrogens (tertiary/aromatic N) is 2. The van der Waals surface area contributed by atoms with Crippen molar-refractivity contribution in [2.45, 2.75) is 11.9 Å². The third-order valence-corrected chi connectivity index (χ3v) is 3.65. The van der Waals surface area contributed by atoms with Crippen molar-refractivity contribution in [3.05, 3.63) is 23.2 Å². The summed E-state index contributed by atoms with van der Waals surface area (Å²) in [5.41, 5.74) is 1.03. The number of hydrogen-bond donors (Lipinski definition) is 2. The lowest BCUT2D eigenvalue weighted by molar-refractivity contribution is 1.17. The van der Waals surface area contributed by atoms with E-state index in [0.29, 0.717) is 0 Å². The van der Waals surface area contributed by atoms with Crippen LogP contribution in [-0.2, 0) is 0 Å². The Morgan fingerprint density at radius 2 is 2.20 bits per heavy atom. The van der Waals surface area contributed by atoms with Crippen LogP contribution in [0.25, 0.3) is 10.6 Å². The SMILES string of the molecule is CNc1ccc(-c2nc(S)c(C)s2)cn1. The predicted octanol–water partition coefficient (Wildman–Crippen LogP) is 2.84. The van der Waals surface area contributed by atoms with Crippen molar-refractivity contribution in [3.8, 4) is 10.6 Å². The number of thiazole rings is 1. The van der Waals surface area contributed by atoms with Crippen LogP contribution in [0.15, 0.2) is 23.4 Å². The fourth-order valence-corrected chi connectivity index (χ4v) is 2.29. The second kappa shape index (κ2) is 4.20. The molecule has 2 rings (SSSR count). The standard InChI is InChI=1S/C10H11N3S2/c1-6-9(14)13-10(15-6)7-3-4-8(11-2)12-5-7/h3-5,14H,1-2H3,(H,11,12). The monoisotopic (exact) mass is 237 g/mol. The molecule has 3 nitrogen and oxygen atoms in total. The molecule has 2 aromatic heterocycles. The second-order valence-electron chi connectivity index (χ2n) is 3.08. The molecular weight excluding hydrogens is 226 g/mol. The minimum Gasteiger partial charge on any atom is -0.373 e. The third-order valence-electron chi connectivity index (χ3n) is 2.04. The Bertz CT molecular complexity index is 443. The summed E-state index contributed by atoms with van der Waals surface area (Å²) in [7, 11) is 1.85. The van der Waals surface area contributed by atoms with Gasteiger partial charge in [0.25, 0.3) is 0 Å². The Kier molecular flexibility index (Phi) is 2.93. The molecule has 0 aromatic carbocycles. The summed E-state index contributed by atoms with van der Waals surface area (Å²) in [6.45, 7) is 2.01. The van der Waals surface area contributed by atoms with Crippen LogP contribution >= 0.6 is 24.0 Å². The van der Waals surface area contributed by atoms with Crippen LogP contribution in [-0.4, -0.2) is 17.0 Å². The molecule has 0 amide bonds. The summed E-state index contributed by atoms with van der Waals surface area (Å²) in [5.74, 6) is 0.859. The lowest BCUT2D eigenvalue weighted by atomic mass is 10.3. The van der Waals surface area contributed by atoms with E-state index in [-0.39, 0.29) is 0 Å². The first-order valence-electron chi connectivity index (χ1n) is 4.51. The van der Waals surface area contributed by atoms with Crippen LogP contribution in [0.5, 0.6) is 0 Å². The molecule has 0 aliphatic rings. The predicted molar refractivity (Wildman–Crippen MR) is 66.9 cm³/mol. The Balaban J connectivity index is 2.37. The zero-order chi connectivity index (χ0) is 10.8. The normalized spacial score (nSPS) is 10.3. The van der Waals surface area contributed by atoms with Gasteiger partial charge in [-0.15, -0.1) is 24.0 Å². The molecule has 0 fully saturated rings. The van der Waals surface area contributed by atoms with Gasteiger partial charge in [0.05, 0.1) is 0 Å². The van der Waals surface area contributed by atoms with Gasteiger partial charge >= 0.3 is 0 Å². The van der Waals surface area contributed by atoms with E-state index in [0.717, 1.165) is 26.3 Å². The lowest BCUT2D eigenvalue weighted by Crippen LogP contribution is -1.90. The molecule has 0 atom stereocenters. The van der Waals surface area contributed by atoms with Crippen LogP contribution in [0, 0.1) is 6.92 Å². The van der Waals surface area contributed by atoms with Gasteiger partial charge in [0.2, 0.25) is 0 Å². The van der Waals surface area contributed by atoms with Crippen LogP contribution in [0.2, 0.25) is 0 Å². The fourth-order valence-electron chi connectivity index (χ4n) is 1.18. The van der Waals surface area contributed by atoms with E-state index in [1.807, 2.05) is 32.3 Å². The molecule has 2 aromatic rings. The maximum absolute atomic E-state index is 4.36. The highest BCUT2D eigenvalue weighted by molar-refractivity contribution is 7.80. The van der Waals surface area contributed by atoms with E-state index in [9.17, 15) is 0 Å². The molecule has 0 radical (unpaired) electrons. The number of pyridine rings is 1. The summed E-state index contributed by atoms with van der Waals surface area (Å²) in [5, 5.41) is 4.74. The molecular formula is C10H11N3S2. The Labute approximate surface area is 98.0 Å². The zero-order valence-corrected chi connectivity index (χ0v) is 10.2. The number of aryl methyl sites for hydroxylation is 1. The zero-order valence-electron chi connectivity index (χ0n) is 8.48. The smallest absolute Gasteiger partial charge is 0.126 e. The van der Waals surface area contributed by atoms with E-state index in [4.69, 9.17) is 0 Å². The summed E-state index contributed by atoms with van der Waals surface area (Å²) >= 11 is 5.91. The average molecular weight is 237 g/mol. The minimum atomic E-state index is 0.799. The summed E-state index contributed by atoms with van der Waals surface area (Å²) < 4.78 is 0. The highest BCUT2D eigenvalue weighted by Gasteiger charge is 2.06. The molecule has 0 bridgehead atoms. The molecule has 0 unspecified atom stereocenters. The minimum absolute atomic E-state index is 0.799. The van der Waals surface area contributed by atoms with Gasteiger partial charge in [-0.1, -0.05) is 0 Å². The van der Waals surface area contributed by atoms with Crippen LogP contribution < -0.4 is 5.32 Å². The summed E-state index contributed by atoms with van der Waals surface area (Å²) in [6.07, 6.45) is 1.82. The van der Waals surface area contributed by atoms with Gasteiger partial charge in [-0.05, 0) is 19.1 Å². The lowest BCUT2D eigenvalue weighted by Gasteiger charge is -1.99. The number of nitrogens with one attached hydrogen (secondary N) is 1.